The Kier molecular flexibility index (Phi) is 5.02. The van der Waals surface area contributed by atoms with Crippen LogP contribution in [-0.2, 0) is 13.0 Å². The number of H-pyrrole nitrogens is 1. The Labute approximate surface area is 152 Å². The van der Waals surface area contributed by atoms with Crippen molar-refractivity contribution in [2.75, 3.05) is 13.1 Å². The predicted molar refractivity (Wildman–Crippen MR) is 97.7 cm³/mol. The Morgan fingerprint density at radius 3 is 3.00 bits per heavy atom. The van der Waals surface area contributed by atoms with Gasteiger partial charge >= 0.3 is 0 Å². The van der Waals surface area contributed by atoms with E-state index in [9.17, 15) is 4.39 Å². The molecule has 1 aliphatic heterocycles. The van der Waals surface area contributed by atoms with Crippen LogP contribution in [0.4, 0.5) is 4.39 Å². The van der Waals surface area contributed by atoms with Gasteiger partial charge in [-0.2, -0.15) is 0 Å². The summed E-state index contributed by atoms with van der Waals surface area (Å²) in [6, 6.07) is 7.04. The summed E-state index contributed by atoms with van der Waals surface area (Å²) >= 11 is 0. The fourth-order valence-corrected chi connectivity index (χ4v) is 3.65. The van der Waals surface area contributed by atoms with Crippen LogP contribution >= 0.6 is 0 Å². The number of nitrogens with one attached hydrogen (secondary N) is 1. The lowest BCUT2D eigenvalue weighted by atomic mass is 9.93. The first-order valence-electron chi connectivity index (χ1n) is 9.04. The van der Waals surface area contributed by atoms with Crippen molar-refractivity contribution in [3.8, 4) is 11.5 Å². The van der Waals surface area contributed by atoms with E-state index in [1.165, 1.54) is 12.5 Å². The third kappa shape index (κ3) is 3.96. The maximum Gasteiger partial charge on any atom is 0.157 e. The molecule has 6 heteroatoms. The Bertz CT molecular complexity index is 849. The lowest BCUT2D eigenvalue weighted by molar-refractivity contribution is 0.164. The van der Waals surface area contributed by atoms with Gasteiger partial charge in [0.2, 0.25) is 0 Å². The van der Waals surface area contributed by atoms with Crippen molar-refractivity contribution in [3.63, 3.8) is 0 Å². The monoisotopic (exact) mass is 351 g/mol. The zero-order chi connectivity index (χ0) is 17.8. The summed E-state index contributed by atoms with van der Waals surface area (Å²) in [5, 5.41) is 0. The molecule has 0 aliphatic carbocycles. The van der Waals surface area contributed by atoms with E-state index in [4.69, 9.17) is 4.98 Å². The molecular weight excluding hydrogens is 329 g/mol. The summed E-state index contributed by atoms with van der Waals surface area (Å²) in [6.07, 6.45) is 10.2. The highest BCUT2D eigenvalue weighted by Gasteiger charge is 2.21. The van der Waals surface area contributed by atoms with Gasteiger partial charge in [-0.3, -0.25) is 9.88 Å². The van der Waals surface area contributed by atoms with Gasteiger partial charge in [-0.05, 0) is 37.8 Å². The average Bonchev–Trinajstić information content (AvgIpc) is 3.19. The number of aromatic amines is 1. The summed E-state index contributed by atoms with van der Waals surface area (Å²) in [4.78, 5) is 18.7. The van der Waals surface area contributed by atoms with Crippen LogP contribution < -0.4 is 0 Å². The maximum absolute atomic E-state index is 13.9. The highest BCUT2D eigenvalue weighted by molar-refractivity contribution is 5.46. The Hall–Kier alpha value is -2.60. The maximum atomic E-state index is 13.9. The zero-order valence-electron chi connectivity index (χ0n) is 14.6. The van der Waals surface area contributed by atoms with Crippen LogP contribution in [0.15, 0.2) is 49.1 Å². The molecule has 26 heavy (non-hydrogen) atoms. The number of hydrogen-bond donors (Lipinski definition) is 1. The SMILES string of the molecule is Fc1ccccc1CN1CCC[C@H](Cc2cncc(-c3ncc[nH]3)n2)C1. The summed E-state index contributed by atoms with van der Waals surface area (Å²) in [6.45, 7) is 2.64. The number of nitrogens with zero attached hydrogens (tertiary/aromatic N) is 4. The second kappa shape index (κ2) is 7.74. The van der Waals surface area contributed by atoms with E-state index in [0.29, 0.717) is 12.5 Å². The lowest BCUT2D eigenvalue weighted by Gasteiger charge is -2.32. The van der Waals surface area contributed by atoms with Crippen molar-refractivity contribution in [2.24, 2.45) is 5.92 Å². The van der Waals surface area contributed by atoms with E-state index >= 15 is 0 Å². The van der Waals surface area contributed by atoms with Crippen LogP contribution in [0.5, 0.6) is 0 Å². The van der Waals surface area contributed by atoms with E-state index in [2.05, 4.69) is 19.9 Å². The number of benzene rings is 1. The summed E-state index contributed by atoms with van der Waals surface area (Å²) in [7, 11) is 0. The van der Waals surface area contributed by atoms with Crippen molar-refractivity contribution in [3.05, 3.63) is 66.1 Å². The number of aromatic nitrogens is 4. The molecule has 0 spiro atoms. The topological polar surface area (TPSA) is 57.7 Å². The molecule has 1 aromatic carbocycles. The second-order valence-electron chi connectivity index (χ2n) is 6.87. The number of rotatable bonds is 5. The number of imidazole rings is 1. The first-order valence-corrected chi connectivity index (χ1v) is 9.04. The minimum Gasteiger partial charge on any atom is -0.343 e. The summed E-state index contributed by atoms with van der Waals surface area (Å²) in [5.41, 5.74) is 2.52. The van der Waals surface area contributed by atoms with Crippen molar-refractivity contribution in [1.82, 2.24) is 24.8 Å². The molecule has 5 nitrogen and oxygen atoms in total. The van der Waals surface area contributed by atoms with Gasteiger partial charge in [0, 0.05) is 37.2 Å². The zero-order valence-corrected chi connectivity index (χ0v) is 14.6. The van der Waals surface area contributed by atoms with Crippen molar-refractivity contribution >= 4 is 0 Å². The van der Waals surface area contributed by atoms with Crippen molar-refractivity contribution < 1.29 is 4.39 Å². The summed E-state index contributed by atoms with van der Waals surface area (Å²) < 4.78 is 13.9. The lowest BCUT2D eigenvalue weighted by Crippen LogP contribution is -2.36. The number of hydrogen-bond acceptors (Lipinski definition) is 4. The molecule has 0 bridgehead atoms. The molecule has 2 aromatic heterocycles. The van der Waals surface area contributed by atoms with Gasteiger partial charge in [0.15, 0.2) is 5.82 Å². The number of halogens is 1. The van der Waals surface area contributed by atoms with Gasteiger partial charge in [-0.25, -0.2) is 14.4 Å². The van der Waals surface area contributed by atoms with Crippen LogP contribution in [-0.4, -0.2) is 37.9 Å². The Balaban J connectivity index is 1.41. The van der Waals surface area contributed by atoms with Crippen LogP contribution in [0.3, 0.4) is 0 Å². The van der Waals surface area contributed by atoms with E-state index < -0.39 is 0 Å². The normalized spacial score (nSPS) is 18.1. The number of piperidine rings is 1. The molecule has 3 aromatic rings. The third-order valence-electron chi connectivity index (χ3n) is 4.88. The van der Waals surface area contributed by atoms with Gasteiger partial charge in [0.1, 0.15) is 11.5 Å². The molecule has 1 aliphatic rings. The molecule has 134 valence electrons. The molecule has 4 rings (SSSR count). The van der Waals surface area contributed by atoms with Crippen LogP contribution in [0.1, 0.15) is 24.1 Å². The first-order chi connectivity index (χ1) is 12.8. The van der Waals surface area contributed by atoms with E-state index in [0.717, 1.165) is 48.7 Å². The van der Waals surface area contributed by atoms with Crippen LogP contribution in [0.25, 0.3) is 11.5 Å². The fraction of sp³-hybridized carbons (Fsp3) is 0.350. The summed E-state index contributed by atoms with van der Waals surface area (Å²) in [5.74, 6) is 1.13. The highest BCUT2D eigenvalue weighted by atomic mass is 19.1. The van der Waals surface area contributed by atoms with Gasteiger partial charge < -0.3 is 4.98 Å². The molecule has 1 fully saturated rings. The minimum atomic E-state index is -0.119. The second-order valence-corrected chi connectivity index (χ2v) is 6.87. The van der Waals surface area contributed by atoms with E-state index in [1.54, 1.807) is 24.7 Å². The molecule has 0 radical (unpaired) electrons. The molecule has 1 saturated heterocycles. The quantitative estimate of drug-likeness (QED) is 0.765. The molecule has 1 N–H and O–H groups in total. The minimum absolute atomic E-state index is 0.119. The van der Waals surface area contributed by atoms with Gasteiger partial charge in [0.25, 0.3) is 0 Å². The first kappa shape index (κ1) is 16.8. The molecule has 0 amide bonds. The van der Waals surface area contributed by atoms with Gasteiger partial charge in [-0.15, -0.1) is 0 Å². The van der Waals surface area contributed by atoms with E-state index in [1.807, 2.05) is 18.3 Å². The van der Waals surface area contributed by atoms with Crippen molar-refractivity contribution in [2.45, 2.75) is 25.8 Å². The fourth-order valence-electron chi connectivity index (χ4n) is 3.65. The highest BCUT2D eigenvalue weighted by Crippen LogP contribution is 2.23. The molecular formula is C20H22FN5. The number of likely N-dealkylation sites (tertiary alicyclic amines) is 1. The Morgan fingerprint density at radius 2 is 2.15 bits per heavy atom. The molecule has 0 saturated carbocycles. The van der Waals surface area contributed by atoms with Crippen molar-refractivity contribution in [1.29, 1.82) is 0 Å². The average molecular weight is 351 g/mol. The van der Waals surface area contributed by atoms with Gasteiger partial charge in [0.05, 0.1) is 11.9 Å². The third-order valence-corrected chi connectivity index (χ3v) is 4.88. The van der Waals surface area contributed by atoms with Crippen LogP contribution in [0, 0.1) is 11.7 Å². The largest absolute Gasteiger partial charge is 0.343 e. The smallest absolute Gasteiger partial charge is 0.157 e. The van der Waals surface area contributed by atoms with E-state index in [-0.39, 0.29) is 5.82 Å². The van der Waals surface area contributed by atoms with Crippen LogP contribution in [0.2, 0.25) is 0 Å². The standard InChI is InChI=1S/C20H22FN5/c21-18-6-2-1-5-16(18)14-26-9-3-4-15(13-26)10-17-11-22-12-19(25-17)20-23-7-8-24-20/h1-2,5-8,11-12,15H,3-4,9-10,13-14H2,(H,23,24)/t15-/m1/s1. The van der Waals surface area contributed by atoms with Gasteiger partial charge in [-0.1, -0.05) is 18.2 Å². The predicted octanol–water partition coefficient (Wildman–Crippen LogP) is 3.46. The molecule has 0 unspecified atom stereocenters. The Morgan fingerprint density at radius 1 is 1.23 bits per heavy atom. The molecule has 1 atom stereocenters. The molecule has 3 heterocycles.